The van der Waals surface area contributed by atoms with Crippen LogP contribution in [0.2, 0.25) is 0 Å². The molecule has 29 heavy (non-hydrogen) atoms. The minimum Gasteiger partial charge on any atom is -0.492 e. The molecule has 0 saturated carbocycles. The monoisotopic (exact) mass is 404 g/mol. The lowest BCUT2D eigenvalue weighted by Gasteiger charge is -2.33. The summed E-state index contributed by atoms with van der Waals surface area (Å²) in [5.41, 5.74) is 1.07. The van der Waals surface area contributed by atoms with Crippen LogP contribution >= 0.6 is 0 Å². The van der Waals surface area contributed by atoms with Gasteiger partial charge in [-0.2, -0.15) is 0 Å². The van der Waals surface area contributed by atoms with Crippen LogP contribution in [-0.4, -0.2) is 75.2 Å². The van der Waals surface area contributed by atoms with Crippen molar-refractivity contribution in [1.29, 1.82) is 0 Å². The zero-order chi connectivity index (χ0) is 21.1. The Balaban J connectivity index is 1.98. The molecule has 1 aliphatic heterocycles. The van der Waals surface area contributed by atoms with Crippen molar-refractivity contribution in [2.24, 2.45) is 10.9 Å². The highest BCUT2D eigenvalue weighted by molar-refractivity contribution is 5.80. The molecule has 7 heteroatoms. The summed E-state index contributed by atoms with van der Waals surface area (Å²) in [4.78, 5) is 21.1. The first kappa shape index (κ1) is 23.0. The van der Waals surface area contributed by atoms with E-state index in [1.807, 2.05) is 39.2 Å². The van der Waals surface area contributed by atoms with Crippen molar-refractivity contribution in [3.05, 3.63) is 29.8 Å². The molecule has 0 atom stereocenters. The van der Waals surface area contributed by atoms with Crippen molar-refractivity contribution >= 4 is 11.9 Å². The van der Waals surface area contributed by atoms with Gasteiger partial charge < -0.3 is 24.6 Å². The van der Waals surface area contributed by atoms with E-state index >= 15 is 0 Å². The largest absolute Gasteiger partial charge is 0.492 e. The Morgan fingerprint density at radius 1 is 1.24 bits per heavy atom. The number of guanidine groups is 1. The van der Waals surface area contributed by atoms with E-state index in [1.54, 1.807) is 0 Å². The van der Waals surface area contributed by atoms with Crippen LogP contribution in [0.4, 0.5) is 0 Å². The zero-order valence-corrected chi connectivity index (χ0v) is 18.3. The first-order valence-electron chi connectivity index (χ1n) is 10.6. The van der Waals surface area contributed by atoms with Gasteiger partial charge in [0.15, 0.2) is 5.96 Å². The van der Waals surface area contributed by atoms with E-state index in [0.717, 1.165) is 56.3 Å². The summed E-state index contributed by atoms with van der Waals surface area (Å²) < 4.78 is 11.1. The summed E-state index contributed by atoms with van der Waals surface area (Å²) in [5.74, 6) is 1.70. The molecule has 0 aliphatic carbocycles. The quantitative estimate of drug-likeness (QED) is 0.387. The molecule has 0 radical (unpaired) electrons. The maximum Gasteiger partial charge on any atom is 0.309 e. The van der Waals surface area contributed by atoms with Crippen LogP contribution < -0.4 is 10.1 Å². The van der Waals surface area contributed by atoms with Gasteiger partial charge in [0.05, 0.1) is 19.1 Å². The Bertz CT molecular complexity index is 655. The summed E-state index contributed by atoms with van der Waals surface area (Å²) >= 11 is 0. The smallest absolute Gasteiger partial charge is 0.309 e. The number of nitrogens with zero attached hydrogens (tertiary/aromatic N) is 3. The maximum atomic E-state index is 12.0. The third-order valence-corrected chi connectivity index (χ3v) is 4.92. The van der Waals surface area contributed by atoms with Gasteiger partial charge in [0.1, 0.15) is 12.4 Å². The van der Waals surface area contributed by atoms with Crippen molar-refractivity contribution in [3.8, 4) is 5.75 Å². The van der Waals surface area contributed by atoms with Gasteiger partial charge in [-0.05, 0) is 46.9 Å². The Morgan fingerprint density at radius 3 is 2.62 bits per heavy atom. The summed E-state index contributed by atoms with van der Waals surface area (Å²) in [7, 11) is 4.07. The average molecular weight is 405 g/mol. The molecule has 2 rings (SSSR count). The van der Waals surface area contributed by atoms with Gasteiger partial charge in [-0.1, -0.05) is 18.2 Å². The Hall–Kier alpha value is -2.28. The van der Waals surface area contributed by atoms with Crippen LogP contribution in [-0.2, 0) is 16.1 Å². The minimum absolute atomic E-state index is 0.0000931. The molecule has 1 aliphatic rings. The first-order chi connectivity index (χ1) is 14.0. The highest BCUT2D eigenvalue weighted by Gasteiger charge is 2.27. The number of hydrogen-bond acceptors (Lipinski definition) is 5. The number of nitrogens with one attached hydrogen (secondary N) is 1. The zero-order valence-electron chi connectivity index (χ0n) is 18.3. The Morgan fingerprint density at radius 2 is 1.97 bits per heavy atom. The molecule has 0 spiro atoms. The normalized spacial score (nSPS) is 15.5. The molecule has 1 aromatic carbocycles. The molecule has 0 unspecified atom stereocenters. The second kappa shape index (κ2) is 12.3. The highest BCUT2D eigenvalue weighted by Crippen LogP contribution is 2.21. The number of esters is 1. The van der Waals surface area contributed by atoms with Gasteiger partial charge in [0, 0.05) is 31.7 Å². The second-order valence-corrected chi connectivity index (χ2v) is 7.44. The van der Waals surface area contributed by atoms with E-state index in [1.165, 1.54) is 0 Å². The number of rotatable bonds is 9. The number of aliphatic imine (C=N–C) groups is 1. The maximum absolute atomic E-state index is 12.0. The van der Waals surface area contributed by atoms with Gasteiger partial charge in [-0.3, -0.25) is 4.79 Å². The number of hydrogen-bond donors (Lipinski definition) is 1. The predicted octanol–water partition coefficient (Wildman–Crippen LogP) is 2.37. The third-order valence-electron chi connectivity index (χ3n) is 4.92. The Labute approximate surface area is 175 Å². The number of carbonyl (C=O) groups is 1. The highest BCUT2D eigenvalue weighted by atomic mass is 16.5. The van der Waals surface area contributed by atoms with Crippen molar-refractivity contribution in [3.63, 3.8) is 0 Å². The lowest BCUT2D eigenvalue weighted by Crippen LogP contribution is -2.46. The molecular weight excluding hydrogens is 368 g/mol. The SMILES string of the molecule is CCNC(=NCc1ccccc1OCCN(C)C)N1CCC(C(=O)OCC)CC1. The van der Waals surface area contributed by atoms with Gasteiger partial charge in [-0.15, -0.1) is 0 Å². The molecule has 1 aromatic rings. The summed E-state index contributed by atoms with van der Waals surface area (Å²) in [6.07, 6.45) is 1.60. The lowest BCUT2D eigenvalue weighted by molar-refractivity contribution is -0.149. The van der Waals surface area contributed by atoms with Crippen LogP contribution in [0.5, 0.6) is 5.75 Å². The van der Waals surface area contributed by atoms with E-state index in [4.69, 9.17) is 14.5 Å². The number of para-hydroxylation sites is 1. The Kier molecular flexibility index (Phi) is 9.77. The number of likely N-dealkylation sites (tertiary alicyclic amines) is 1. The average Bonchev–Trinajstić information content (AvgIpc) is 2.72. The van der Waals surface area contributed by atoms with Crippen LogP contribution in [0.15, 0.2) is 29.3 Å². The third kappa shape index (κ3) is 7.57. The minimum atomic E-state index is -0.0714. The summed E-state index contributed by atoms with van der Waals surface area (Å²) in [5, 5.41) is 3.38. The fourth-order valence-corrected chi connectivity index (χ4v) is 3.29. The van der Waals surface area contributed by atoms with Crippen LogP contribution in [0.25, 0.3) is 0 Å². The predicted molar refractivity (Wildman–Crippen MR) is 116 cm³/mol. The van der Waals surface area contributed by atoms with E-state index in [2.05, 4.69) is 28.1 Å². The first-order valence-corrected chi connectivity index (χ1v) is 10.6. The molecule has 162 valence electrons. The number of ether oxygens (including phenoxy) is 2. The van der Waals surface area contributed by atoms with Gasteiger partial charge >= 0.3 is 5.97 Å². The molecular formula is C22H36N4O3. The molecule has 0 aromatic heterocycles. The van der Waals surface area contributed by atoms with E-state index in [0.29, 0.717) is 19.8 Å². The number of likely N-dealkylation sites (N-methyl/N-ethyl adjacent to an activating group) is 1. The number of piperidine rings is 1. The molecule has 1 saturated heterocycles. The molecule has 0 amide bonds. The van der Waals surface area contributed by atoms with Crippen LogP contribution in [0.3, 0.4) is 0 Å². The van der Waals surface area contributed by atoms with Crippen LogP contribution in [0.1, 0.15) is 32.3 Å². The van der Waals surface area contributed by atoms with Gasteiger partial charge in [-0.25, -0.2) is 4.99 Å². The van der Waals surface area contributed by atoms with E-state index in [-0.39, 0.29) is 11.9 Å². The summed E-state index contributed by atoms with van der Waals surface area (Å²) in [6, 6.07) is 8.06. The van der Waals surface area contributed by atoms with Crippen molar-refractivity contribution in [2.45, 2.75) is 33.2 Å². The summed E-state index contributed by atoms with van der Waals surface area (Å²) in [6.45, 7) is 8.84. The number of carbonyl (C=O) groups excluding carboxylic acids is 1. The van der Waals surface area contributed by atoms with Gasteiger partial charge in [0.25, 0.3) is 0 Å². The lowest BCUT2D eigenvalue weighted by atomic mass is 9.97. The topological polar surface area (TPSA) is 66.4 Å². The van der Waals surface area contributed by atoms with Crippen LogP contribution in [0, 0.1) is 5.92 Å². The fraction of sp³-hybridized carbons (Fsp3) is 0.636. The molecule has 1 N–H and O–H groups in total. The van der Waals surface area contributed by atoms with Gasteiger partial charge in [0.2, 0.25) is 0 Å². The van der Waals surface area contributed by atoms with E-state index in [9.17, 15) is 4.79 Å². The molecule has 1 fully saturated rings. The van der Waals surface area contributed by atoms with E-state index < -0.39 is 0 Å². The van der Waals surface area contributed by atoms with Crippen molar-refractivity contribution in [1.82, 2.24) is 15.1 Å². The van der Waals surface area contributed by atoms with Crippen molar-refractivity contribution < 1.29 is 14.3 Å². The standard InChI is InChI=1S/C22H36N4O3/c1-5-23-22(26-13-11-18(12-14-26)21(27)28-6-2)24-17-19-9-7-8-10-20(19)29-16-15-25(3)4/h7-10,18H,5-6,11-17H2,1-4H3,(H,23,24). The molecule has 7 nitrogen and oxygen atoms in total. The molecule has 1 heterocycles. The second-order valence-electron chi connectivity index (χ2n) is 7.44. The van der Waals surface area contributed by atoms with Crippen molar-refractivity contribution in [2.75, 3.05) is 53.5 Å². The molecule has 0 bridgehead atoms. The fourth-order valence-electron chi connectivity index (χ4n) is 3.29. The number of benzene rings is 1.